The van der Waals surface area contributed by atoms with Crippen LogP contribution >= 0.6 is 23.4 Å². The highest BCUT2D eigenvalue weighted by atomic mass is 35.5. The summed E-state index contributed by atoms with van der Waals surface area (Å²) in [5, 5.41) is 1.55. The monoisotopic (exact) mass is 347 g/mol. The molecule has 0 aliphatic carbocycles. The van der Waals surface area contributed by atoms with Gasteiger partial charge in [-0.15, -0.1) is 11.8 Å². The molecule has 0 radical (unpaired) electrons. The zero-order valence-electron chi connectivity index (χ0n) is 13.1. The van der Waals surface area contributed by atoms with E-state index in [0.717, 1.165) is 28.5 Å². The third-order valence-corrected chi connectivity index (χ3v) is 4.83. The fourth-order valence-electron chi connectivity index (χ4n) is 2.45. The quantitative estimate of drug-likeness (QED) is 0.783. The maximum atomic E-state index is 6.42. The highest BCUT2D eigenvalue weighted by Gasteiger charge is 2.17. The van der Waals surface area contributed by atoms with Crippen LogP contribution in [-0.4, -0.2) is 24.5 Å². The van der Waals surface area contributed by atoms with Gasteiger partial charge in [0.1, 0.15) is 6.61 Å². The van der Waals surface area contributed by atoms with E-state index in [1.54, 1.807) is 18.9 Å². The van der Waals surface area contributed by atoms with Gasteiger partial charge in [0.15, 0.2) is 11.5 Å². The van der Waals surface area contributed by atoms with Crippen molar-refractivity contribution in [3.63, 3.8) is 0 Å². The van der Waals surface area contributed by atoms with Crippen molar-refractivity contribution in [3.05, 3.63) is 58.1 Å². The Bertz CT molecular complexity index is 746. The zero-order valence-corrected chi connectivity index (χ0v) is 14.7. The molecule has 3 rings (SSSR count). The van der Waals surface area contributed by atoms with Gasteiger partial charge in [-0.1, -0.05) is 41.4 Å². The predicted octanol–water partition coefficient (Wildman–Crippen LogP) is 4.73. The molecule has 23 heavy (non-hydrogen) atoms. The number of aliphatic imine (C=N–C) groups is 1. The summed E-state index contributed by atoms with van der Waals surface area (Å²) in [4.78, 5) is 4.48. The van der Waals surface area contributed by atoms with Crippen LogP contribution in [0.15, 0.2) is 41.4 Å². The number of hydrogen-bond donors (Lipinski definition) is 0. The minimum absolute atomic E-state index is 0.451. The van der Waals surface area contributed by atoms with Gasteiger partial charge in [-0.25, -0.2) is 0 Å². The van der Waals surface area contributed by atoms with E-state index in [2.05, 4.69) is 24.0 Å². The van der Waals surface area contributed by atoms with Crippen molar-refractivity contribution in [1.82, 2.24) is 0 Å². The minimum atomic E-state index is 0.451. The van der Waals surface area contributed by atoms with Gasteiger partial charge in [-0.3, -0.25) is 4.99 Å². The van der Waals surface area contributed by atoms with Crippen molar-refractivity contribution in [2.75, 3.05) is 19.4 Å². The second-order valence-electron chi connectivity index (χ2n) is 5.30. The summed E-state index contributed by atoms with van der Waals surface area (Å²) in [6.07, 6.45) is 0. The average Bonchev–Trinajstić information content (AvgIpc) is 3.07. The lowest BCUT2D eigenvalue weighted by Gasteiger charge is -2.14. The number of methoxy groups -OCH3 is 1. The first-order chi connectivity index (χ1) is 11.2. The molecule has 1 aliphatic rings. The van der Waals surface area contributed by atoms with Crippen LogP contribution in [0.3, 0.4) is 0 Å². The lowest BCUT2D eigenvalue weighted by Crippen LogP contribution is -2.01. The van der Waals surface area contributed by atoms with Gasteiger partial charge in [0.2, 0.25) is 0 Å². The molecule has 0 spiro atoms. The van der Waals surface area contributed by atoms with Crippen molar-refractivity contribution in [3.8, 4) is 11.5 Å². The third-order valence-electron chi connectivity index (χ3n) is 3.53. The predicted molar refractivity (Wildman–Crippen MR) is 97.4 cm³/mol. The summed E-state index contributed by atoms with van der Waals surface area (Å²) in [6, 6.07) is 12.0. The molecule has 1 heterocycles. The molecule has 3 nitrogen and oxygen atoms in total. The Kier molecular flexibility index (Phi) is 5.13. The van der Waals surface area contributed by atoms with E-state index in [4.69, 9.17) is 21.1 Å². The topological polar surface area (TPSA) is 30.8 Å². The Morgan fingerprint density at radius 1 is 1.26 bits per heavy atom. The molecular weight excluding hydrogens is 330 g/mol. The second kappa shape index (κ2) is 7.28. The molecule has 0 bridgehead atoms. The van der Waals surface area contributed by atoms with E-state index in [1.807, 2.05) is 24.3 Å². The van der Waals surface area contributed by atoms with Crippen molar-refractivity contribution in [2.45, 2.75) is 13.5 Å². The van der Waals surface area contributed by atoms with E-state index in [-0.39, 0.29) is 0 Å². The van der Waals surface area contributed by atoms with E-state index < -0.39 is 0 Å². The van der Waals surface area contributed by atoms with Crippen LogP contribution in [0, 0.1) is 6.92 Å². The van der Waals surface area contributed by atoms with Crippen LogP contribution in [0.2, 0.25) is 5.02 Å². The van der Waals surface area contributed by atoms with Crippen LogP contribution in [-0.2, 0) is 6.61 Å². The number of benzene rings is 2. The van der Waals surface area contributed by atoms with E-state index >= 15 is 0 Å². The van der Waals surface area contributed by atoms with Crippen molar-refractivity contribution in [1.29, 1.82) is 0 Å². The lowest BCUT2D eigenvalue weighted by atomic mass is 10.1. The van der Waals surface area contributed by atoms with E-state index in [1.165, 1.54) is 5.56 Å². The number of thioether (sulfide) groups is 1. The molecule has 120 valence electrons. The molecular formula is C18H18ClNO2S. The molecule has 0 N–H and O–H groups in total. The van der Waals surface area contributed by atoms with Crippen LogP contribution in [0.25, 0.3) is 0 Å². The number of hydrogen-bond acceptors (Lipinski definition) is 4. The molecule has 0 unspecified atom stereocenters. The molecule has 0 aromatic heterocycles. The largest absolute Gasteiger partial charge is 0.493 e. The van der Waals surface area contributed by atoms with Crippen molar-refractivity contribution in [2.24, 2.45) is 4.99 Å². The molecule has 2 aromatic rings. The van der Waals surface area contributed by atoms with Gasteiger partial charge < -0.3 is 9.47 Å². The highest BCUT2D eigenvalue weighted by molar-refractivity contribution is 8.14. The standard InChI is InChI=1S/C18H18ClNO2S/c1-12-4-3-5-13(8-12)11-22-17-15(19)9-14(10-16(17)21-2)18-20-6-7-23-18/h3-5,8-10H,6-7,11H2,1-2H3. The number of ether oxygens (including phenoxy) is 2. The molecule has 0 saturated heterocycles. The first-order valence-corrected chi connectivity index (χ1v) is 8.77. The number of rotatable bonds is 5. The molecule has 5 heteroatoms. The summed E-state index contributed by atoms with van der Waals surface area (Å²) in [5.41, 5.74) is 3.29. The minimum Gasteiger partial charge on any atom is -0.493 e. The van der Waals surface area contributed by atoms with Crippen LogP contribution in [0.1, 0.15) is 16.7 Å². The molecule has 2 aromatic carbocycles. The fourth-order valence-corrected chi connectivity index (χ4v) is 3.56. The molecule has 0 amide bonds. The van der Waals surface area contributed by atoms with Crippen LogP contribution < -0.4 is 9.47 Å². The van der Waals surface area contributed by atoms with Gasteiger partial charge >= 0.3 is 0 Å². The Labute approximate surface area is 145 Å². The van der Waals surface area contributed by atoms with Crippen molar-refractivity contribution < 1.29 is 9.47 Å². The van der Waals surface area contributed by atoms with Gasteiger partial charge in [-0.05, 0) is 24.6 Å². The maximum absolute atomic E-state index is 6.42. The van der Waals surface area contributed by atoms with Crippen LogP contribution in [0.5, 0.6) is 11.5 Å². The van der Waals surface area contributed by atoms with E-state index in [0.29, 0.717) is 23.1 Å². The average molecular weight is 348 g/mol. The summed E-state index contributed by atoms with van der Waals surface area (Å²) in [5.74, 6) is 2.22. The van der Waals surface area contributed by atoms with Gasteiger partial charge in [0.25, 0.3) is 0 Å². The molecule has 0 atom stereocenters. The number of aryl methyl sites for hydroxylation is 1. The van der Waals surface area contributed by atoms with Gasteiger partial charge in [-0.2, -0.15) is 0 Å². The highest BCUT2D eigenvalue weighted by Crippen LogP contribution is 2.38. The Morgan fingerprint density at radius 2 is 2.13 bits per heavy atom. The summed E-state index contributed by atoms with van der Waals surface area (Å²) >= 11 is 8.16. The number of nitrogens with zero attached hydrogens (tertiary/aromatic N) is 1. The molecule has 0 fully saturated rings. The van der Waals surface area contributed by atoms with Crippen molar-refractivity contribution >= 4 is 28.4 Å². The Balaban J connectivity index is 1.83. The normalized spacial score (nSPS) is 13.8. The Hall–Kier alpha value is -1.65. The second-order valence-corrected chi connectivity index (χ2v) is 6.79. The Morgan fingerprint density at radius 3 is 2.83 bits per heavy atom. The first kappa shape index (κ1) is 16.2. The molecule has 0 saturated carbocycles. The number of halogens is 1. The maximum Gasteiger partial charge on any atom is 0.180 e. The van der Waals surface area contributed by atoms with Crippen LogP contribution in [0.4, 0.5) is 0 Å². The molecule has 1 aliphatic heterocycles. The smallest absolute Gasteiger partial charge is 0.180 e. The summed E-state index contributed by atoms with van der Waals surface area (Å²) in [6.45, 7) is 3.37. The summed E-state index contributed by atoms with van der Waals surface area (Å²) < 4.78 is 11.4. The van der Waals surface area contributed by atoms with Gasteiger partial charge in [0.05, 0.1) is 17.2 Å². The first-order valence-electron chi connectivity index (χ1n) is 7.41. The van der Waals surface area contributed by atoms with Gasteiger partial charge in [0, 0.05) is 17.9 Å². The lowest BCUT2D eigenvalue weighted by molar-refractivity contribution is 0.284. The van der Waals surface area contributed by atoms with E-state index in [9.17, 15) is 0 Å². The third kappa shape index (κ3) is 3.82. The fraction of sp³-hybridized carbons (Fsp3) is 0.278. The zero-order chi connectivity index (χ0) is 16.2. The SMILES string of the molecule is COc1cc(C2=NCCS2)cc(Cl)c1OCc1cccc(C)c1. The summed E-state index contributed by atoms with van der Waals surface area (Å²) in [7, 11) is 1.62.